The minimum absolute atomic E-state index is 0.137. The minimum atomic E-state index is -0.237. The van der Waals surface area contributed by atoms with Crippen molar-refractivity contribution in [3.8, 4) is 0 Å². The van der Waals surface area contributed by atoms with E-state index < -0.39 is 0 Å². The van der Waals surface area contributed by atoms with Gasteiger partial charge in [0, 0.05) is 11.5 Å². The summed E-state index contributed by atoms with van der Waals surface area (Å²) in [5, 5.41) is 9.26. The van der Waals surface area contributed by atoms with Gasteiger partial charge in [-0.15, -0.1) is 10.2 Å². The largest absolute Gasteiger partial charge is 0.467 e. The van der Waals surface area contributed by atoms with Crippen LogP contribution < -0.4 is 0 Å². The van der Waals surface area contributed by atoms with E-state index in [9.17, 15) is 4.79 Å². The molecule has 1 aliphatic carbocycles. The molecule has 0 saturated carbocycles. The Morgan fingerprint density at radius 1 is 1.18 bits per heavy atom. The number of hydrogen-bond donors (Lipinski definition) is 0. The number of hydrogen-bond acceptors (Lipinski definition) is 5. The fourth-order valence-electron chi connectivity index (χ4n) is 3.69. The van der Waals surface area contributed by atoms with Gasteiger partial charge in [0.25, 0.3) is 0 Å². The van der Waals surface area contributed by atoms with Crippen LogP contribution in [0.4, 0.5) is 0 Å². The van der Waals surface area contributed by atoms with Crippen LogP contribution >= 0.6 is 11.8 Å². The molecule has 3 aromatic rings. The molecule has 0 fully saturated rings. The number of aromatic nitrogens is 3. The third kappa shape index (κ3) is 3.78. The fourth-order valence-corrected chi connectivity index (χ4v) is 4.63. The number of nitrogens with zero attached hydrogens (tertiary/aromatic N) is 3. The van der Waals surface area contributed by atoms with Crippen LogP contribution in [0.15, 0.2) is 46.2 Å². The van der Waals surface area contributed by atoms with Crippen molar-refractivity contribution in [1.82, 2.24) is 14.8 Å². The monoisotopic (exact) mass is 395 g/mol. The lowest BCUT2D eigenvalue weighted by molar-refractivity contribution is 0.0993. The predicted molar refractivity (Wildman–Crippen MR) is 110 cm³/mol. The molecule has 0 amide bonds. The van der Waals surface area contributed by atoms with E-state index in [-0.39, 0.29) is 17.0 Å². The van der Waals surface area contributed by atoms with Crippen molar-refractivity contribution in [3.05, 3.63) is 64.9 Å². The molecule has 0 aliphatic heterocycles. The lowest BCUT2D eigenvalue weighted by atomic mass is 10.0. The SMILES string of the molecule is CC(Sc1nnc(C(C)C)n1Cc1ccco1)C(=O)c1ccc2c(c1)CCC2. The van der Waals surface area contributed by atoms with Crippen molar-refractivity contribution in [2.75, 3.05) is 0 Å². The molecule has 2 aromatic heterocycles. The van der Waals surface area contributed by atoms with E-state index in [4.69, 9.17) is 4.42 Å². The van der Waals surface area contributed by atoms with Crippen molar-refractivity contribution in [2.24, 2.45) is 0 Å². The Balaban J connectivity index is 1.55. The predicted octanol–water partition coefficient (Wildman–Crippen LogP) is 4.90. The third-order valence-corrected chi connectivity index (χ3v) is 6.27. The number of furan rings is 1. The van der Waals surface area contributed by atoms with Gasteiger partial charge in [-0.25, -0.2) is 0 Å². The van der Waals surface area contributed by atoms with E-state index >= 15 is 0 Å². The van der Waals surface area contributed by atoms with E-state index in [1.165, 1.54) is 29.3 Å². The van der Waals surface area contributed by atoms with Gasteiger partial charge >= 0.3 is 0 Å². The average molecular weight is 396 g/mol. The highest BCUT2D eigenvalue weighted by atomic mass is 32.2. The molecule has 1 atom stereocenters. The first-order chi connectivity index (χ1) is 13.5. The first-order valence-electron chi connectivity index (χ1n) is 9.81. The molecule has 0 saturated heterocycles. The summed E-state index contributed by atoms with van der Waals surface area (Å²) in [6.07, 6.45) is 5.06. The Morgan fingerprint density at radius 3 is 2.75 bits per heavy atom. The summed E-state index contributed by atoms with van der Waals surface area (Å²) in [7, 11) is 0. The first-order valence-corrected chi connectivity index (χ1v) is 10.7. The van der Waals surface area contributed by atoms with Crippen molar-refractivity contribution >= 4 is 17.5 Å². The van der Waals surface area contributed by atoms with E-state index in [1.54, 1.807) is 6.26 Å². The van der Waals surface area contributed by atoms with Crippen LogP contribution in [-0.2, 0) is 19.4 Å². The molecule has 146 valence electrons. The van der Waals surface area contributed by atoms with Crippen LogP contribution in [0.2, 0.25) is 0 Å². The lowest BCUT2D eigenvalue weighted by Crippen LogP contribution is -2.16. The summed E-state index contributed by atoms with van der Waals surface area (Å²) in [6, 6.07) is 9.98. The molecule has 2 heterocycles. The Labute approximate surface area is 169 Å². The second kappa shape index (κ2) is 7.95. The van der Waals surface area contributed by atoms with Crippen molar-refractivity contribution in [2.45, 2.75) is 62.9 Å². The molecule has 1 aliphatic rings. The molecule has 1 aromatic carbocycles. The maximum Gasteiger partial charge on any atom is 0.192 e. The highest BCUT2D eigenvalue weighted by Gasteiger charge is 2.23. The van der Waals surface area contributed by atoms with Crippen molar-refractivity contribution in [3.63, 3.8) is 0 Å². The molecule has 6 heteroatoms. The molecule has 0 N–H and O–H groups in total. The number of carbonyl (C=O) groups is 1. The summed E-state index contributed by atoms with van der Waals surface area (Å²) in [4.78, 5) is 13.0. The number of fused-ring (bicyclic) bond motifs is 1. The number of rotatable bonds is 7. The molecule has 0 spiro atoms. The number of aryl methyl sites for hydroxylation is 2. The van der Waals surface area contributed by atoms with E-state index in [0.29, 0.717) is 6.54 Å². The molecule has 4 rings (SSSR count). The molecule has 5 nitrogen and oxygen atoms in total. The molecule has 28 heavy (non-hydrogen) atoms. The maximum absolute atomic E-state index is 13.0. The Bertz CT molecular complexity index is 976. The minimum Gasteiger partial charge on any atom is -0.467 e. The molecular weight excluding hydrogens is 370 g/mol. The van der Waals surface area contributed by atoms with Crippen LogP contribution in [0.5, 0.6) is 0 Å². The number of ketones is 1. The smallest absolute Gasteiger partial charge is 0.192 e. The average Bonchev–Trinajstić information content (AvgIpc) is 3.42. The fraction of sp³-hybridized carbons (Fsp3) is 0.409. The van der Waals surface area contributed by atoms with Gasteiger partial charge in [0.2, 0.25) is 0 Å². The number of thioether (sulfide) groups is 1. The molecule has 1 unspecified atom stereocenters. The normalized spacial score (nSPS) is 14.4. The highest BCUT2D eigenvalue weighted by molar-refractivity contribution is 8.00. The second-order valence-corrected chi connectivity index (χ2v) is 8.93. The van der Waals surface area contributed by atoms with Gasteiger partial charge < -0.3 is 4.42 Å². The van der Waals surface area contributed by atoms with Crippen LogP contribution in [0, 0.1) is 0 Å². The Morgan fingerprint density at radius 2 is 2.00 bits per heavy atom. The van der Waals surface area contributed by atoms with Crippen LogP contribution in [0.1, 0.15) is 66.2 Å². The van der Waals surface area contributed by atoms with Crippen LogP contribution in [0.25, 0.3) is 0 Å². The van der Waals surface area contributed by atoms with Crippen LogP contribution in [0.3, 0.4) is 0 Å². The van der Waals surface area contributed by atoms with E-state index in [0.717, 1.165) is 35.1 Å². The zero-order valence-electron chi connectivity index (χ0n) is 16.5. The Kier molecular flexibility index (Phi) is 5.40. The van der Waals surface area contributed by atoms with Gasteiger partial charge in [0.15, 0.2) is 10.9 Å². The van der Waals surface area contributed by atoms with Crippen LogP contribution in [-0.4, -0.2) is 25.8 Å². The first kappa shape index (κ1) is 19.0. The standard InChI is InChI=1S/C22H25N3O2S/c1-14(2)21-23-24-22(25(21)13-19-8-5-11-27-19)28-15(3)20(26)18-10-9-16-6-4-7-17(16)12-18/h5,8-12,14-15H,4,6-7,13H2,1-3H3. The molecule has 0 bridgehead atoms. The summed E-state index contributed by atoms with van der Waals surface area (Å²) in [5.41, 5.74) is 3.50. The Hall–Kier alpha value is -2.34. The van der Waals surface area contributed by atoms with E-state index in [1.807, 2.05) is 25.1 Å². The number of benzene rings is 1. The molecule has 0 radical (unpaired) electrons. The number of Topliss-reactive ketones (excluding diaryl/α,β-unsaturated/α-hetero) is 1. The summed E-state index contributed by atoms with van der Waals surface area (Å²) < 4.78 is 7.56. The van der Waals surface area contributed by atoms with Gasteiger partial charge in [0.1, 0.15) is 11.6 Å². The molecular formula is C22H25N3O2S. The second-order valence-electron chi connectivity index (χ2n) is 7.62. The summed E-state index contributed by atoms with van der Waals surface area (Å²) in [5.74, 6) is 2.12. The quantitative estimate of drug-likeness (QED) is 0.421. The van der Waals surface area contributed by atoms with Crippen molar-refractivity contribution < 1.29 is 9.21 Å². The van der Waals surface area contributed by atoms with Gasteiger partial charge in [-0.05, 0) is 55.5 Å². The zero-order valence-corrected chi connectivity index (χ0v) is 17.3. The van der Waals surface area contributed by atoms with Gasteiger partial charge in [-0.1, -0.05) is 37.7 Å². The summed E-state index contributed by atoms with van der Waals surface area (Å²) in [6.45, 7) is 6.70. The highest BCUT2D eigenvalue weighted by Crippen LogP contribution is 2.29. The summed E-state index contributed by atoms with van der Waals surface area (Å²) >= 11 is 1.46. The topological polar surface area (TPSA) is 60.9 Å². The number of carbonyl (C=O) groups excluding carboxylic acids is 1. The van der Waals surface area contributed by atoms with Gasteiger partial charge in [-0.2, -0.15) is 0 Å². The maximum atomic E-state index is 13.0. The van der Waals surface area contributed by atoms with E-state index in [2.05, 4.69) is 40.7 Å². The lowest BCUT2D eigenvalue weighted by Gasteiger charge is -2.14. The third-order valence-electron chi connectivity index (χ3n) is 5.19. The van der Waals surface area contributed by atoms with Gasteiger partial charge in [-0.3, -0.25) is 9.36 Å². The zero-order chi connectivity index (χ0) is 19.7. The van der Waals surface area contributed by atoms with Crippen molar-refractivity contribution in [1.29, 1.82) is 0 Å². The van der Waals surface area contributed by atoms with Gasteiger partial charge in [0.05, 0.1) is 18.1 Å².